The van der Waals surface area contributed by atoms with E-state index in [2.05, 4.69) is 21.1 Å². The summed E-state index contributed by atoms with van der Waals surface area (Å²) in [5.74, 6) is 0.156. The predicted octanol–water partition coefficient (Wildman–Crippen LogP) is 4.18. The summed E-state index contributed by atoms with van der Waals surface area (Å²) < 4.78 is 1.05. The average Bonchev–Trinajstić information content (AvgIpc) is 3.06. The first-order chi connectivity index (χ1) is 7.24. The molecule has 0 radical (unpaired) electrons. The van der Waals surface area contributed by atoms with Gasteiger partial charge in [0.2, 0.25) is 0 Å². The Morgan fingerprint density at radius 2 is 1.80 bits per heavy atom. The number of hydrogen-bond donors (Lipinski definition) is 1. The molecule has 1 saturated carbocycles. The van der Waals surface area contributed by atoms with Gasteiger partial charge in [0.15, 0.2) is 0 Å². The van der Waals surface area contributed by atoms with Crippen molar-refractivity contribution < 1.29 is 5.21 Å². The zero-order valence-corrected chi connectivity index (χ0v) is 10.4. The first-order valence-corrected chi connectivity index (χ1v) is 5.96. The summed E-state index contributed by atoms with van der Waals surface area (Å²) in [6.45, 7) is 1.98. The van der Waals surface area contributed by atoms with Crippen molar-refractivity contribution in [2.75, 3.05) is 0 Å². The van der Waals surface area contributed by atoms with E-state index in [9.17, 15) is 0 Å². The fourth-order valence-corrected chi connectivity index (χ4v) is 1.22. The second kappa shape index (κ2) is 6.62. The third-order valence-electron chi connectivity index (χ3n) is 2.04. The van der Waals surface area contributed by atoms with Crippen molar-refractivity contribution in [3.8, 4) is 0 Å². The first kappa shape index (κ1) is 12.2. The van der Waals surface area contributed by atoms with Gasteiger partial charge in [-0.3, -0.25) is 0 Å². The monoisotopic (exact) mass is 269 g/mol. The van der Waals surface area contributed by atoms with Gasteiger partial charge in [-0.1, -0.05) is 54.2 Å². The lowest BCUT2D eigenvalue weighted by atomic mass is 10.0. The molecule has 1 aliphatic carbocycles. The molecular weight excluding hydrogens is 254 g/mol. The molecule has 1 N–H and O–H groups in total. The zero-order valence-electron chi connectivity index (χ0n) is 8.86. The van der Waals surface area contributed by atoms with Crippen LogP contribution < -0.4 is 0 Å². The number of nitrogens with zero attached hydrogens (tertiary/aromatic N) is 1. The van der Waals surface area contributed by atoms with Crippen molar-refractivity contribution >= 4 is 22.1 Å². The van der Waals surface area contributed by atoms with Gasteiger partial charge in [-0.2, -0.15) is 0 Å². The normalized spacial score (nSPS) is 15.6. The molecule has 0 aromatic heterocycles. The van der Waals surface area contributed by atoms with Gasteiger partial charge in [-0.05, 0) is 17.7 Å². The van der Waals surface area contributed by atoms with Gasteiger partial charge >= 0.3 is 0 Å². The first-order valence-electron chi connectivity index (χ1n) is 5.17. The van der Waals surface area contributed by atoms with Crippen molar-refractivity contribution in [3.63, 3.8) is 0 Å². The van der Waals surface area contributed by atoms with Crippen LogP contribution in [0.15, 0.2) is 33.9 Å². The summed E-state index contributed by atoms with van der Waals surface area (Å²) in [6.07, 6.45) is 6.00. The molecule has 1 unspecified atom stereocenters. The number of hydrogen-bond acceptors (Lipinski definition) is 2. The van der Waals surface area contributed by atoms with Crippen LogP contribution in [-0.2, 0) is 0 Å². The summed E-state index contributed by atoms with van der Waals surface area (Å²) >= 11 is 3.35. The molecular formula is C12H16BrNO. The molecule has 1 aromatic rings. The van der Waals surface area contributed by atoms with Crippen LogP contribution in [0.5, 0.6) is 0 Å². The van der Waals surface area contributed by atoms with E-state index in [1.54, 1.807) is 0 Å². The van der Waals surface area contributed by atoms with Crippen molar-refractivity contribution in [1.82, 2.24) is 0 Å². The molecule has 0 amide bonds. The lowest BCUT2D eigenvalue weighted by molar-refractivity contribution is 0.320. The van der Waals surface area contributed by atoms with Crippen LogP contribution in [0.25, 0.3) is 0 Å². The minimum absolute atomic E-state index is 0.156. The Morgan fingerprint density at radius 3 is 2.20 bits per heavy atom. The molecule has 1 fully saturated rings. The minimum atomic E-state index is 0.156. The van der Waals surface area contributed by atoms with Crippen LogP contribution in [0, 0.1) is 0 Å². The Labute approximate surface area is 99.1 Å². The van der Waals surface area contributed by atoms with Crippen molar-refractivity contribution in [2.24, 2.45) is 5.16 Å². The van der Waals surface area contributed by atoms with Gasteiger partial charge < -0.3 is 5.21 Å². The quantitative estimate of drug-likeness (QED) is 0.488. The van der Waals surface area contributed by atoms with E-state index in [4.69, 9.17) is 5.21 Å². The third-order valence-corrected chi connectivity index (χ3v) is 2.57. The maximum absolute atomic E-state index is 8.31. The van der Waals surface area contributed by atoms with Gasteiger partial charge in [0.25, 0.3) is 0 Å². The summed E-state index contributed by atoms with van der Waals surface area (Å²) in [6, 6.07) is 7.93. The van der Waals surface area contributed by atoms with Gasteiger partial charge in [0.1, 0.15) is 0 Å². The Balaban J connectivity index is 0.000000319. The zero-order chi connectivity index (χ0) is 11.1. The van der Waals surface area contributed by atoms with Crippen molar-refractivity contribution in [1.29, 1.82) is 0 Å². The molecule has 0 aliphatic heterocycles. The summed E-state index contributed by atoms with van der Waals surface area (Å²) in [4.78, 5) is 0. The van der Waals surface area contributed by atoms with Crippen LogP contribution in [0.3, 0.4) is 0 Å². The van der Waals surface area contributed by atoms with Crippen LogP contribution in [0.1, 0.15) is 37.7 Å². The van der Waals surface area contributed by atoms with E-state index >= 15 is 0 Å². The predicted molar refractivity (Wildman–Crippen MR) is 66.7 cm³/mol. The summed E-state index contributed by atoms with van der Waals surface area (Å²) in [5, 5.41) is 11.3. The largest absolute Gasteiger partial charge is 0.411 e. The maximum atomic E-state index is 8.31. The second-order valence-corrected chi connectivity index (χ2v) is 4.58. The Kier molecular flexibility index (Phi) is 5.40. The highest BCUT2D eigenvalue weighted by Gasteiger charge is 2.00. The number of rotatable bonds is 2. The van der Waals surface area contributed by atoms with E-state index in [-0.39, 0.29) is 5.92 Å². The Morgan fingerprint density at radius 1 is 1.27 bits per heavy atom. The molecule has 0 bridgehead atoms. The minimum Gasteiger partial charge on any atom is -0.411 e. The molecule has 2 rings (SSSR count). The number of oxime groups is 1. The van der Waals surface area contributed by atoms with E-state index in [0.717, 1.165) is 10.0 Å². The van der Waals surface area contributed by atoms with E-state index in [1.807, 2.05) is 31.2 Å². The lowest BCUT2D eigenvalue weighted by Gasteiger charge is -2.03. The van der Waals surface area contributed by atoms with E-state index in [0.29, 0.717) is 0 Å². The number of benzene rings is 1. The molecule has 82 valence electrons. The summed E-state index contributed by atoms with van der Waals surface area (Å²) in [7, 11) is 0. The molecule has 1 atom stereocenters. The lowest BCUT2D eigenvalue weighted by Crippen LogP contribution is -1.93. The Bertz CT molecular complexity index is 303. The van der Waals surface area contributed by atoms with E-state index < -0.39 is 0 Å². The topological polar surface area (TPSA) is 32.6 Å². The SMILES string of the molecule is C1CC1.CC(/C=N/O)c1ccc(Br)cc1. The highest BCUT2D eigenvalue weighted by molar-refractivity contribution is 9.10. The Hall–Kier alpha value is -0.830. The second-order valence-electron chi connectivity index (χ2n) is 3.67. The smallest absolute Gasteiger partial charge is 0.0507 e. The highest BCUT2D eigenvalue weighted by Crippen LogP contribution is 2.16. The molecule has 3 heteroatoms. The van der Waals surface area contributed by atoms with Gasteiger partial charge in [0.05, 0.1) is 6.21 Å². The maximum Gasteiger partial charge on any atom is 0.0507 e. The van der Waals surface area contributed by atoms with Crippen LogP contribution in [0.2, 0.25) is 0 Å². The molecule has 0 saturated heterocycles. The van der Waals surface area contributed by atoms with E-state index in [1.165, 1.54) is 25.5 Å². The van der Waals surface area contributed by atoms with Crippen LogP contribution in [0.4, 0.5) is 0 Å². The van der Waals surface area contributed by atoms with Gasteiger partial charge in [-0.15, -0.1) is 5.16 Å². The molecule has 2 nitrogen and oxygen atoms in total. The van der Waals surface area contributed by atoms with Crippen molar-refractivity contribution in [3.05, 3.63) is 34.3 Å². The fourth-order valence-electron chi connectivity index (χ4n) is 0.952. The molecule has 0 spiro atoms. The molecule has 0 heterocycles. The molecule has 15 heavy (non-hydrogen) atoms. The standard InChI is InChI=1S/C9H10BrNO.C3H6/c1-7(6-11-12)8-2-4-9(10)5-3-8;1-2-3-1/h2-7,12H,1H3;1-3H2/b11-6+;. The van der Waals surface area contributed by atoms with Gasteiger partial charge in [-0.25, -0.2) is 0 Å². The van der Waals surface area contributed by atoms with Gasteiger partial charge in [0, 0.05) is 10.4 Å². The fraction of sp³-hybridized carbons (Fsp3) is 0.417. The average molecular weight is 270 g/mol. The van der Waals surface area contributed by atoms with Crippen LogP contribution in [-0.4, -0.2) is 11.4 Å². The molecule has 1 aliphatic rings. The third kappa shape index (κ3) is 5.57. The molecule has 1 aromatic carbocycles. The summed E-state index contributed by atoms with van der Waals surface area (Å²) in [5.41, 5.74) is 1.14. The van der Waals surface area contributed by atoms with Crippen LogP contribution >= 0.6 is 15.9 Å². The highest BCUT2D eigenvalue weighted by atomic mass is 79.9. The number of halogens is 1. The van der Waals surface area contributed by atoms with Crippen molar-refractivity contribution in [2.45, 2.75) is 32.1 Å².